The largest absolute Gasteiger partial charge is 0.324 e. The molecule has 0 aliphatic carbocycles. The number of benzene rings is 1. The van der Waals surface area contributed by atoms with Crippen LogP contribution < -0.4 is 10.5 Å². The molecule has 116 valence electrons. The lowest BCUT2D eigenvalue weighted by Gasteiger charge is -2.26. The van der Waals surface area contributed by atoms with Gasteiger partial charge in [0.25, 0.3) is 0 Å². The average molecular weight is 362 g/mol. The summed E-state index contributed by atoms with van der Waals surface area (Å²) in [6.45, 7) is 4.04. The molecule has 0 saturated carbocycles. The molecule has 0 radical (unpaired) electrons. The van der Waals surface area contributed by atoms with Crippen molar-refractivity contribution in [3.05, 3.63) is 28.2 Å². The Balaban J connectivity index is 0.00000361. The molecule has 3 N–H and O–H groups in total. The minimum absolute atomic E-state index is 0. The van der Waals surface area contributed by atoms with Gasteiger partial charge in [0.15, 0.2) is 0 Å². The molecule has 20 heavy (non-hydrogen) atoms. The maximum absolute atomic E-state index is 12.1. The highest BCUT2D eigenvalue weighted by atomic mass is 35.5. The van der Waals surface area contributed by atoms with E-state index in [-0.39, 0.29) is 28.9 Å². The summed E-state index contributed by atoms with van der Waals surface area (Å²) in [5, 5.41) is 0.519. The van der Waals surface area contributed by atoms with Crippen LogP contribution in [0.5, 0.6) is 0 Å². The summed E-state index contributed by atoms with van der Waals surface area (Å²) in [4.78, 5) is 0.0801. The molecule has 0 aromatic heterocycles. The predicted octanol–water partition coefficient (Wildman–Crippen LogP) is 3.21. The van der Waals surface area contributed by atoms with E-state index in [0.29, 0.717) is 17.9 Å². The van der Waals surface area contributed by atoms with Gasteiger partial charge in [0.05, 0.1) is 14.9 Å². The van der Waals surface area contributed by atoms with Crippen LogP contribution in [0.25, 0.3) is 0 Å². The first-order valence-corrected chi connectivity index (χ1v) is 8.21. The van der Waals surface area contributed by atoms with Gasteiger partial charge in [-0.3, -0.25) is 0 Å². The normalized spacial score (nSPS) is 12.1. The summed E-state index contributed by atoms with van der Waals surface area (Å²) in [6.07, 6.45) is 1.38. The van der Waals surface area contributed by atoms with Gasteiger partial charge in [-0.2, -0.15) is 0 Å². The van der Waals surface area contributed by atoms with E-state index >= 15 is 0 Å². The highest BCUT2D eigenvalue weighted by Crippen LogP contribution is 2.24. The third kappa shape index (κ3) is 5.06. The molecule has 0 bridgehead atoms. The molecule has 0 saturated heterocycles. The average Bonchev–Trinajstić information content (AvgIpc) is 2.39. The zero-order valence-electron chi connectivity index (χ0n) is 11.3. The molecule has 0 aliphatic heterocycles. The van der Waals surface area contributed by atoms with Gasteiger partial charge in [0, 0.05) is 12.1 Å². The molecule has 4 nitrogen and oxygen atoms in total. The molecule has 1 aromatic carbocycles. The SMILES string of the molecule is CCC(N)(CC)CNS(=O)(=O)c1ccc(Cl)c(Cl)c1.Cl. The maximum Gasteiger partial charge on any atom is 0.240 e. The summed E-state index contributed by atoms with van der Waals surface area (Å²) in [6, 6.07) is 4.18. The van der Waals surface area contributed by atoms with E-state index in [9.17, 15) is 8.42 Å². The minimum atomic E-state index is -3.63. The fourth-order valence-electron chi connectivity index (χ4n) is 1.47. The molecule has 0 amide bonds. The molecule has 8 heteroatoms. The van der Waals surface area contributed by atoms with Crippen molar-refractivity contribution in [3.8, 4) is 0 Å². The van der Waals surface area contributed by atoms with Gasteiger partial charge in [-0.15, -0.1) is 12.4 Å². The van der Waals surface area contributed by atoms with Gasteiger partial charge >= 0.3 is 0 Å². The first kappa shape index (κ1) is 20.0. The molecule has 1 aromatic rings. The van der Waals surface area contributed by atoms with Crippen molar-refractivity contribution in [3.63, 3.8) is 0 Å². The lowest BCUT2D eigenvalue weighted by Crippen LogP contribution is -2.49. The lowest BCUT2D eigenvalue weighted by molar-refractivity contribution is 0.392. The van der Waals surface area contributed by atoms with Crippen LogP contribution in [0.4, 0.5) is 0 Å². The van der Waals surface area contributed by atoms with Crippen molar-refractivity contribution in [2.75, 3.05) is 6.54 Å². The highest BCUT2D eigenvalue weighted by Gasteiger charge is 2.24. The van der Waals surface area contributed by atoms with Crippen LogP contribution in [0.15, 0.2) is 23.1 Å². The molecular formula is C12H19Cl3N2O2S. The smallest absolute Gasteiger partial charge is 0.240 e. The number of halogens is 3. The number of nitrogens with two attached hydrogens (primary N) is 1. The van der Waals surface area contributed by atoms with Crippen LogP contribution in [0.3, 0.4) is 0 Å². The second kappa shape index (κ2) is 7.82. The zero-order chi connectivity index (χ0) is 14.7. The Morgan fingerprint density at radius 3 is 2.20 bits per heavy atom. The van der Waals surface area contributed by atoms with Gasteiger partial charge < -0.3 is 5.73 Å². The standard InChI is InChI=1S/C12H18Cl2N2O2S.ClH/c1-3-12(15,4-2)8-16-19(17,18)9-5-6-10(13)11(14)7-9;/h5-7,16H,3-4,8,15H2,1-2H3;1H. The fourth-order valence-corrected chi connectivity index (χ4v) is 2.99. The second-order valence-electron chi connectivity index (χ2n) is 4.47. The van der Waals surface area contributed by atoms with E-state index in [4.69, 9.17) is 28.9 Å². The Morgan fingerprint density at radius 2 is 1.75 bits per heavy atom. The quantitative estimate of drug-likeness (QED) is 0.817. The highest BCUT2D eigenvalue weighted by molar-refractivity contribution is 7.89. The summed E-state index contributed by atoms with van der Waals surface area (Å²) in [5.74, 6) is 0. The van der Waals surface area contributed by atoms with Crippen LogP contribution in [0.2, 0.25) is 10.0 Å². The Labute approximate surface area is 136 Å². The first-order chi connectivity index (χ1) is 8.74. The Kier molecular flexibility index (Phi) is 7.81. The Bertz CT molecular complexity index is 546. The molecule has 0 unspecified atom stereocenters. The molecular weight excluding hydrogens is 343 g/mol. The van der Waals surface area contributed by atoms with Crippen molar-refractivity contribution in [2.45, 2.75) is 37.1 Å². The van der Waals surface area contributed by atoms with Gasteiger partial charge in [0.1, 0.15) is 0 Å². The van der Waals surface area contributed by atoms with Crippen molar-refractivity contribution in [1.29, 1.82) is 0 Å². The molecule has 0 atom stereocenters. The summed E-state index contributed by atoms with van der Waals surface area (Å²) in [7, 11) is -3.63. The van der Waals surface area contributed by atoms with Crippen LogP contribution in [0.1, 0.15) is 26.7 Å². The monoisotopic (exact) mass is 360 g/mol. The molecule has 0 fully saturated rings. The zero-order valence-corrected chi connectivity index (χ0v) is 14.5. The minimum Gasteiger partial charge on any atom is -0.324 e. The Morgan fingerprint density at radius 1 is 1.20 bits per heavy atom. The van der Waals surface area contributed by atoms with Crippen molar-refractivity contribution in [2.24, 2.45) is 5.73 Å². The molecule has 0 aliphatic rings. The van der Waals surface area contributed by atoms with Crippen molar-refractivity contribution in [1.82, 2.24) is 4.72 Å². The molecule has 1 rings (SSSR count). The fraction of sp³-hybridized carbons (Fsp3) is 0.500. The third-order valence-electron chi connectivity index (χ3n) is 3.22. The third-order valence-corrected chi connectivity index (χ3v) is 5.36. The van der Waals surface area contributed by atoms with Crippen LogP contribution in [-0.2, 0) is 10.0 Å². The second-order valence-corrected chi connectivity index (χ2v) is 7.05. The summed E-state index contributed by atoms with van der Waals surface area (Å²) in [5.41, 5.74) is 5.52. The number of nitrogens with one attached hydrogen (secondary N) is 1. The van der Waals surface area contributed by atoms with Crippen LogP contribution in [-0.4, -0.2) is 20.5 Å². The van der Waals surface area contributed by atoms with Gasteiger partial charge in [-0.25, -0.2) is 13.1 Å². The maximum atomic E-state index is 12.1. The number of rotatable bonds is 6. The van der Waals surface area contributed by atoms with E-state index in [2.05, 4.69) is 4.72 Å². The topological polar surface area (TPSA) is 72.2 Å². The van der Waals surface area contributed by atoms with Crippen LogP contribution >= 0.6 is 35.6 Å². The number of sulfonamides is 1. The van der Waals surface area contributed by atoms with Gasteiger partial charge in [-0.05, 0) is 31.0 Å². The predicted molar refractivity (Wildman–Crippen MR) is 86.4 cm³/mol. The Hall–Kier alpha value is -0.0400. The lowest BCUT2D eigenvalue weighted by atomic mass is 9.95. The van der Waals surface area contributed by atoms with E-state index in [0.717, 1.165) is 0 Å². The van der Waals surface area contributed by atoms with E-state index in [1.807, 2.05) is 13.8 Å². The van der Waals surface area contributed by atoms with Crippen molar-refractivity contribution >= 4 is 45.6 Å². The summed E-state index contributed by atoms with van der Waals surface area (Å²) < 4.78 is 26.7. The van der Waals surface area contributed by atoms with Crippen molar-refractivity contribution < 1.29 is 8.42 Å². The molecule has 0 heterocycles. The van der Waals surface area contributed by atoms with E-state index < -0.39 is 15.6 Å². The van der Waals surface area contributed by atoms with E-state index in [1.165, 1.54) is 18.2 Å². The number of hydrogen-bond acceptors (Lipinski definition) is 3. The van der Waals surface area contributed by atoms with Gasteiger partial charge in [0.2, 0.25) is 10.0 Å². The van der Waals surface area contributed by atoms with E-state index in [1.54, 1.807) is 0 Å². The van der Waals surface area contributed by atoms with Crippen LogP contribution in [0, 0.1) is 0 Å². The van der Waals surface area contributed by atoms with Gasteiger partial charge in [-0.1, -0.05) is 37.0 Å². The first-order valence-electron chi connectivity index (χ1n) is 5.97. The molecule has 0 spiro atoms. The number of hydrogen-bond donors (Lipinski definition) is 2. The summed E-state index contributed by atoms with van der Waals surface area (Å²) >= 11 is 11.6.